The number of fused-ring (bicyclic) bond motifs is 2. The highest BCUT2D eigenvalue weighted by atomic mass is 35.5. The van der Waals surface area contributed by atoms with Gasteiger partial charge < -0.3 is 4.90 Å². The van der Waals surface area contributed by atoms with E-state index >= 15 is 0 Å². The number of nitrogens with zero attached hydrogens (tertiary/aromatic N) is 5. The lowest BCUT2D eigenvalue weighted by Gasteiger charge is -2.34. The van der Waals surface area contributed by atoms with Gasteiger partial charge in [-0.15, -0.1) is 0 Å². The second kappa shape index (κ2) is 9.98. The maximum atomic E-state index is 14.1. The molecule has 3 heterocycles. The number of benzene rings is 3. The van der Waals surface area contributed by atoms with Crippen LogP contribution in [0.25, 0.3) is 27.7 Å². The number of alkyl halides is 3. The fraction of sp³-hybridized carbons (Fsp3) is 0.207. The van der Waals surface area contributed by atoms with Crippen LogP contribution in [0.2, 0.25) is 5.02 Å². The number of aromatic nitrogens is 3. The Hall–Kier alpha value is -3.95. The van der Waals surface area contributed by atoms with E-state index in [1.165, 1.54) is 6.20 Å². The minimum Gasteiger partial charge on any atom is -0.336 e. The van der Waals surface area contributed by atoms with Gasteiger partial charge in [-0.25, -0.2) is 9.50 Å². The van der Waals surface area contributed by atoms with Crippen molar-refractivity contribution >= 4 is 33.9 Å². The van der Waals surface area contributed by atoms with Crippen molar-refractivity contribution in [3.8, 4) is 11.3 Å². The van der Waals surface area contributed by atoms with Crippen molar-refractivity contribution < 1.29 is 18.0 Å². The Labute approximate surface area is 227 Å². The summed E-state index contributed by atoms with van der Waals surface area (Å²) in [5.41, 5.74) is 0.711. The first kappa shape index (κ1) is 25.3. The molecule has 3 aromatic carbocycles. The van der Waals surface area contributed by atoms with Gasteiger partial charge in [0, 0.05) is 43.3 Å². The van der Waals surface area contributed by atoms with Crippen molar-refractivity contribution in [2.24, 2.45) is 0 Å². The SMILES string of the molecule is O=C(c1cnn2c(C(F)(F)F)cc(-c3cccc4ccccc34)nc12)N1CCN(Cc2cccc(Cl)c2)CC1. The highest BCUT2D eigenvalue weighted by Crippen LogP contribution is 2.35. The van der Waals surface area contributed by atoms with Crippen LogP contribution in [0.5, 0.6) is 0 Å². The number of piperazine rings is 1. The van der Waals surface area contributed by atoms with E-state index in [0.29, 0.717) is 43.3 Å². The standard InChI is InChI=1S/C29H23ClF3N5O/c30-21-8-3-5-19(15-21)18-36-11-13-37(14-12-36)28(39)24-17-34-38-26(29(31,32)33)16-25(35-27(24)38)23-10-4-7-20-6-1-2-9-22(20)23/h1-10,15-17H,11-14,18H2. The highest BCUT2D eigenvalue weighted by Gasteiger charge is 2.36. The molecule has 1 saturated heterocycles. The molecule has 1 aliphatic rings. The van der Waals surface area contributed by atoms with Gasteiger partial charge >= 0.3 is 6.18 Å². The molecule has 198 valence electrons. The fourth-order valence-corrected chi connectivity index (χ4v) is 5.29. The molecule has 6 rings (SSSR count). The van der Waals surface area contributed by atoms with Gasteiger partial charge in [-0.05, 0) is 34.5 Å². The van der Waals surface area contributed by atoms with Gasteiger partial charge in [-0.2, -0.15) is 18.3 Å². The summed E-state index contributed by atoms with van der Waals surface area (Å²) in [7, 11) is 0. The molecular weight excluding hydrogens is 527 g/mol. The van der Waals surface area contributed by atoms with Crippen LogP contribution in [0, 0.1) is 0 Å². The fourth-order valence-electron chi connectivity index (χ4n) is 5.08. The Morgan fingerprint density at radius 2 is 1.67 bits per heavy atom. The molecule has 1 fully saturated rings. The maximum Gasteiger partial charge on any atom is 0.433 e. The third-order valence-corrected chi connectivity index (χ3v) is 7.25. The van der Waals surface area contributed by atoms with Gasteiger partial charge in [0.1, 0.15) is 5.56 Å². The van der Waals surface area contributed by atoms with E-state index in [9.17, 15) is 18.0 Å². The highest BCUT2D eigenvalue weighted by molar-refractivity contribution is 6.30. The number of rotatable bonds is 4. The smallest absolute Gasteiger partial charge is 0.336 e. The number of amides is 1. The van der Waals surface area contributed by atoms with E-state index < -0.39 is 11.9 Å². The van der Waals surface area contributed by atoms with Gasteiger partial charge in [0.15, 0.2) is 11.3 Å². The predicted molar refractivity (Wildman–Crippen MR) is 144 cm³/mol. The molecular formula is C29H23ClF3N5O. The average Bonchev–Trinajstić information content (AvgIpc) is 3.35. The van der Waals surface area contributed by atoms with Crippen molar-refractivity contribution in [3.05, 3.63) is 101 Å². The lowest BCUT2D eigenvalue weighted by Crippen LogP contribution is -2.48. The molecule has 2 aromatic heterocycles. The van der Waals surface area contributed by atoms with Crippen molar-refractivity contribution in [3.63, 3.8) is 0 Å². The van der Waals surface area contributed by atoms with E-state index in [1.807, 2.05) is 54.6 Å². The summed E-state index contributed by atoms with van der Waals surface area (Å²) >= 11 is 6.09. The number of carbonyl (C=O) groups is 1. The quantitative estimate of drug-likeness (QED) is 0.269. The molecule has 1 aliphatic heterocycles. The van der Waals surface area contributed by atoms with Gasteiger partial charge in [-0.3, -0.25) is 9.69 Å². The number of hydrogen-bond donors (Lipinski definition) is 0. The summed E-state index contributed by atoms with van der Waals surface area (Å²) in [4.78, 5) is 21.9. The largest absolute Gasteiger partial charge is 0.433 e. The van der Waals surface area contributed by atoms with Crippen molar-refractivity contribution in [2.75, 3.05) is 26.2 Å². The summed E-state index contributed by atoms with van der Waals surface area (Å²) in [5, 5.41) is 6.26. The Morgan fingerprint density at radius 1 is 0.923 bits per heavy atom. The normalized spacial score (nSPS) is 14.8. The lowest BCUT2D eigenvalue weighted by atomic mass is 10.0. The van der Waals surface area contributed by atoms with Crippen molar-refractivity contribution in [1.82, 2.24) is 24.4 Å². The zero-order valence-electron chi connectivity index (χ0n) is 20.7. The summed E-state index contributed by atoms with van der Waals surface area (Å²) in [6, 6.07) is 21.5. The van der Waals surface area contributed by atoms with Crippen LogP contribution in [0.1, 0.15) is 21.6 Å². The first-order valence-corrected chi connectivity index (χ1v) is 12.9. The molecule has 6 nitrogen and oxygen atoms in total. The Kier molecular flexibility index (Phi) is 6.48. The summed E-state index contributed by atoms with van der Waals surface area (Å²) in [6.07, 6.45) is -3.51. The number of halogens is 4. The lowest BCUT2D eigenvalue weighted by molar-refractivity contribution is -0.142. The number of hydrogen-bond acceptors (Lipinski definition) is 4. The molecule has 0 aliphatic carbocycles. The second-order valence-corrected chi connectivity index (χ2v) is 9.98. The van der Waals surface area contributed by atoms with Gasteiger partial charge in [0.2, 0.25) is 0 Å². The topological polar surface area (TPSA) is 53.7 Å². The van der Waals surface area contributed by atoms with Crippen molar-refractivity contribution in [1.29, 1.82) is 0 Å². The summed E-state index contributed by atoms with van der Waals surface area (Å²) in [6.45, 7) is 2.82. The third-order valence-electron chi connectivity index (χ3n) is 7.01. The minimum absolute atomic E-state index is 0.0471. The molecule has 39 heavy (non-hydrogen) atoms. The first-order valence-electron chi connectivity index (χ1n) is 12.5. The molecule has 10 heteroatoms. The Morgan fingerprint density at radius 3 is 2.44 bits per heavy atom. The predicted octanol–water partition coefficient (Wildman–Crippen LogP) is 6.18. The molecule has 0 bridgehead atoms. The van der Waals surface area contributed by atoms with Crippen molar-refractivity contribution in [2.45, 2.75) is 12.7 Å². The molecule has 5 aromatic rings. The second-order valence-electron chi connectivity index (χ2n) is 9.54. The third kappa shape index (κ3) is 4.95. The molecule has 0 atom stereocenters. The van der Waals surface area contributed by atoms with Crippen LogP contribution in [-0.4, -0.2) is 56.5 Å². The van der Waals surface area contributed by atoms with Gasteiger partial charge in [0.05, 0.1) is 11.9 Å². The summed E-state index contributed by atoms with van der Waals surface area (Å²) in [5.74, 6) is -0.386. The van der Waals surface area contributed by atoms with E-state index in [-0.39, 0.29) is 22.8 Å². The molecule has 0 unspecified atom stereocenters. The van der Waals surface area contributed by atoms with Crippen LogP contribution in [-0.2, 0) is 12.7 Å². The summed E-state index contributed by atoms with van der Waals surface area (Å²) < 4.78 is 43.1. The first-order chi connectivity index (χ1) is 18.8. The van der Waals surface area contributed by atoms with Gasteiger partial charge in [0.25, 0.3) is 5.91 Å². The van der Waals surface area contributed by atoms with E-state index in [1.54, 1.807) is 17.0 Å². The zero-order valence-corrected chi connectivity index (χ0v) is 21.5. The van der Waals surface area contributed by atoms with Gasteiger partial charge in [-0.1, -0.05) is 66.2 Å². The molecule has 0 spiro atoms. The maximum absolute atomic E-state index is 14.1. The molecule has 0 radical (unpaired) electrons. The zero-order chi connectivity index (χ0) is 27.1. The molecule has 0 saturated carbocycles. The monoisotopic (exact) mass is 549 g/mol. The van der Waals surface area contributed by atoms with Crippen LogP contribution < -0.4 is 0 Å². The minimum atomic E-state index is -4.70. The number of carbonyl (C=O) groups excluding carboxylic acids is 1. The molecule has 1 amide bonds. The Bertz CT molecular complexity index is 1690. The van der Waals surface area contributed by atoms with Crippen LogP contribution in [0.4, 0.5) is 13.2 Å². The Balaban J connectivity index is 1.32. The van der Waals surface area contributed by atoms with E-state index in [0.717, 1.165) is 26.9 Å². The van der Waals surface area contributed by atoms with E-state index in [4.69, 9.17) is 11.6 Å². The van der Waals surface area contributed by atoms with E-state index in [2.05, 4.69) is 15.0 Å². The van der Waals surface area contributed by atoms with Crippen LogP contribution in [0.15, 0.2) is 79.0 Å². The van der Waals surface area contributed by atoms with Crippen LogP contribution >= 0.6 is 11.6 Å². The van der Waals surface area contributed by atoms with Crippen LogP contribution in [0.3, 0.4) is 0 Å². The average molecular weight is 550 g/mol. The molecule has 0 N–H and O–H groups in total.